The summed E-state index contributed by atoms with van der Waals surface area (Å²) in [6.45, 7) is 7.45. The SMILES string of the molecule is CCN(CCCN)CCNC. The Labute approximate surface area is 69.9 Å². The zero-order valence-electron chi connectivity index (χ0n) is 7.77. The van der Waals surface area contributed by atoms with Crippen LogP contribution in [0.3, 0.4) is 0 Å². The lowest BCUT2D eigenvalue weighted by molar-refractivity contribution is 0.288. The average molecular weight is 159 g/mol. The lowest BCUT2D eigenvalue weighted by Crippen LogP contribution is -2.32. The molecule has 3 nitrogen and oxygen atoms in total. The third kappa shape index (κ3) is 6.28. The first kappa shape index (κ1) is 10.9. The lowest BCUT2D eigenvalue weighted by Gasteiger charge is -2.19. The standard InChI is InChI=1S/C8H21N3/c1-3-11(7-4-5-9)8-6-10-2/h10H,3-9H2,1-2H3. The molecule has 0 aromatic rings. The van der Waals surface area contributed by atoms with Gasteiger partial charge in [0.1, 0.15) is 0 Å². The number of nitrogens with one attached hydrogen (secondary N) is 1. The van der Waals surface area contributed by atoms with Crippen LogP contribution in [0.2, 0.25) is 0 Å². The summed E-state index contributed by atoms with van der Waals surface area (Å²) in [7, 11) is 1.98. The van der Waals surface area contributed by atoms with Crippen LogP contribution < -0.4 is 11.1 Å². The fourth-order valence-electron chi connectivity index (χ4n) is 1.01. The van der Waals surface area contributed by atoms with Crippen LogP contribution in [0, 0.1) is 0 Å². The number of nitrogens with zero attached hydrogens (tertiary/aromatic N) is 1. The van der Waals surface area contributed by atoms with E-state index in [1.807, 2.05) is 7.05 Å². The highest BCUT2D eigenvalue weighted by Gasteiger charge is 1.98. The minimum Gasteiger partial charge on any atom is -0.330 e. The maximum Gasteiger partial charge on any atom is 0.0107 e. The summed E-state index contributed by atoms with van der Waals surface area (Å²) in [5.74, 6) is 0. The van der Waals surface area contributed by atoms with Gasteiger partial charge < -0.3 is 16.0 Å². The summed E-state index contributed by atoms with van der Waals surface area (Å²) in [5.41, 5.74) is 5.42. The molecule has 0 aromatic carbocycles. The molecule has 0 aliphatic carbocycles. The second-order valence-corrected chi connectivity index (χ2v) is 2.68. The van der Waals surface area contributed by atoms with Gasteiger partial charge in [0.2, 0.25) is 0 Å². The van der Waals surface area contributed by atoms with Crippen molar-refractivity contribution in [2.75, 3.05) is 39.8 Å². The third-order valence-corrected chi connectivity index (χ3v) is 1.80. The molecule has 0 atom stereocenters. The smallest absolute Gasteiger partial charge is 0.0107 e. The van der Waals surface area contributed by atoms with E-state index in [-0.39, 0.29) is 0 Å². The van der Waals surface area contributed by atoms with Gasteiger partial charge in [-0.3, -0.25) is 0 Å². The van der Waals surface area contributed by atoms with Crippen molar-refractivity contribution in [3.8, 4) is 0 Å². The Morgan fingerprint density at radius 2 is 2.09 bits per heavy atom. The Hall–Kier alpha value is -0.120. The molecule has 0 heterocycles. The van der Waals surface area contributed by atoms with E-state index < -0.39 is 0 Å². The van der Waals surface area contributed by atoms with Crippen molar-refractivity contribution in [1.82, 2.24) is 10.2 Å². The molecule has 0 unspecified atom stereocenters. The maximum atomic E-state index is 5.42. The fraction of sp³-hybridized carbons (Fsp3) is 1.00. The van der Waals surface area contributed by atoms with Gasteiger partial charge in [-0.1, -0.05) is 6.92 Å². The number of rotatable bonds is 7. The zero-order chi connectivity index (χ0) is 8.53. The Bertz CT molecular complexity index is 67.7. The molecular weight excluding hydrogens is 138 g/mol. The van der Waals surface area contributed by atoms with E-state index in [2.05, 4.69) is 17.1 Å². The summed E-state index contributed by atoms with van der Waals surface area (Å²) in [5, 5.41) is 3.14. The Morgan fingerprint density at radius 3 is 2.55 bits per heavy atom. The van der Waals surface area contributed by atoms with Gasteiger partial charge in [0, 0.05) is 13.1 Å². The maximum absolute atomic E-state index is 5.42. The van der Waals surface area contributed by atoms with Crippen LogP contribution >= 0.6 is 0 Å². The van der Waals surface area contributed by atoms with Gasteiger partial charge in [0.25, 0.3) is 0 Å². The number of hydrogen-bond acceptors (Lipinski definition) is 3. The molecule has 0 bridgehead atoms. The fourth-order valence-corrected chi connectivity index (χ4v) is 1.01. The molecule has 0 spiro atoms. The Morgan fingerprint density at radius 1 is 1.36 bits per heavy atom. The molecule has 11 heavy (non-hydrogen) atoms. The van der Waals surface area contributed by atoms with Crippen LogP contribution in [0.25, 0.3) is 0 Å². The van der Waals surface area contributed by atoms with Gasteiger partial charge in [-0.05, 0) is 33.1 Å². The third-order valence-electron chi connectivity index (χ3n) is 1.80. The molecule has 0 rings (SSSR count). The van der Waals surface area contributed by atoms with Gasteiger partial charge in [-0.2, -0.15) is 0 Å². The van der Waals surface area contributed by atoms with E-state index in [9.17, 15) is 0 Å². The van der Waals surface area contributed by atoms with Gasteiger partial charge in [0.05, 0.1) is 0 Å². The van der Waals surface area contributed by atoms with E-state index in [1.54, 1.807) is 0 Å². The van der Waals surface area contributed by atoms with E-state index in [4.69, 9.17) is 5.73 Å². The van der Waals surface area contributed by atoms with Gasteiger partial charge in [-0.25, -0.2) is 0 Å². The molecule has 0 fully saturated rings. The first-order valence-corrected chi connectivity index (χ1v) is 4.42. The van der Waals surface area contributed by atoms with Crippen LogP contribution in [0.5, 0.6) is 0 Å². The second-order valence-electron chi connectivity index (χ2n) is 2.68. The molecule has 0 aromatic heterocycles. The van der Waals surface area contributed by atoms with E-state index >= 15 is 0 Å². The predicted octanol–water partition coefficient (Wildman–Crippen LogP) is -0.123. The van der Waals surface area contributed by atoms with E-state index in [1.165, 1.54) is 0 Å². The van der Waals surface area contributed by atoms with Crippen LogP contribution in [-0.2, 0) is 0 Å². The number of hydrogen-bond donors (Lipinski definition) is 2. The van der Waals surface area contributed by atoms with E-state index in [0.29, 0.717) is 0 Å². The van der Waals surface area contributed by atoms with Crippen LogP contribution in [0.4, 0.5) is 0 Å². The molecule has 0 saturated heterocycles. The van der Waals surface area contributed by atoms with Crippen molar-refractivity contribution in [3.63, 3.8) is 0 Å². The topological polar surface area (TPSA) is 41.3 Å². The van der Waals surface area contributed by atoms with Crippen molar-refractivity contribution >= 4 is 0 Å². The normalized spacial score (nSPS) is 10.9. The molecule has 0 aliphatic heterocycles. The molecular formula is C8H21N3. The van der Waals surface area contributed by atoms with Crippen LogP contribution in [0.15, 0.2) is 0 Å². The first-order valence-electron chi connectivity index (χ1n) is 4.42. The number of likely N-dealkylation sites (N-methyl/N-ethyl adjacent to an activating group) is 2. The highest BCUT2D eigenvalue weighted by molar-refractivity contribution is 4.56. The number of nitrogens with two attached hydrogens (primary N) is 1. The van der Waals surface area contributed by atoms with Crippen molar-refractivity contribution < 1.29 is 0 Å². The van der Waals surface area contributed by atoms with E-state index in [0.717, 1.165) is 39.1 Å². The molecule has 0 aliphatic rings. The lowest BCUT2D eigenvalue weighted by atomic mass is 10.3. The summed E-state index contributed by atoms with van der Waals surface area (Å²) < 4.78 is 0. The van der Waals surface area contributed by atoms with Crippen LogP contribution in [0.1, 0.15) is 13.3 Å². The summed E-state index contributed by atoms with van der Waals surface area (Å²) >= 11 is 0. The zero-order valence-corrected chi connectivity index (χ0v) is 7.77. The van der Waals surface area contributed by atoms with Gasteiger partial charge in [-0.15, -0.1) is 0 Å². The molecule has 3 N–H and O–H groups in total. The predicted molar refractivity (Wildman–Crippen MR) is 49.7 cm³/mol. The van der Waals surface area contributed by atoms with Crippen molar-refractivity contribution in [2.24, 2.45) is 5.73 Å². The minimum atomic E-state index is 0.802. The highest BCUT2D eigenvalue weighted by Crippen LogP contribution is 1.88. The summed E-state index contributed by atoms with van der Waals surface area (Å²) in [6.07, 6.45) is 1.11. The van der Waals surface area contributed by atoms with Crippen molar-refractivity contribution in [3.05, 3.63) is 0 Å². The quantitative estimate of drug-likeness (QED) is 0.544. The summed E-state index contributed by atoms with van der Waals surface area (Å²) in [6, 6.07) is 0. The first-order chi connectivity index (χ1) is 5.35. The monoisotopic (exact) mass is 159 g/mol. The van der Waals surface area contributed by atoms with Gasteiger partial charge >= 0.3 is 0 Å². The van der Waals surface area contributed by atoms with Gasteiger partial charge in [0.15, 0.2) is 0 Å². The Kier molecular flexibility index (Phi) is 7.89. The summed E-state index contributed by atoms with van der Waals surface area (Å²) in [4.78, 5) is 2.41. The van der Waals surface area contributed by atoms with Crippen molar-refractivity contribution in [2.45, 2.75) is 13.3 Å². The molecule has 0 saturated carbocycles. The molecule has 68 valence electrons. The molecule has 0 radical (unpaired) electrons. The largest absolute Gasteiger partial charge is 0.330 e. The Balaban J connectivity index is 3.25. The van der Waals surface area contributed by atoms with Crippen LogP contribution in [-0.4, -0.2) is 44.7 Å². The molecule has 3 heteroatoms. The second kappa shape index (κ2) is 7.98. The highest BCUT2D eigenvalue weighted by atomic mass is 15.1. The minimum absolute atomic E-state index is 0.802. The average Bonchev–Trinajstić information content (AvgIpc) is 2.05. The van der Waals surface area contributed by atoms with Crippen molar-refractivity contribution in [1.29, 1.82) is 0 Å². The molecule has 0 amide bonds.